The Labute approximate surface area is 152 Å². The molecule has 0 unspecified atom stereocenters. The number of hydrogen-bond acceptors (Lipinski definition) is 4. The van der Waals surface area contributed by atoms with Gasteiger partial charge in [0.05, 0.1) is 25.3 Å². The van der Waals surface area contributed by atoms with Crippen LogP contribution >= 0.6 is 11.3 Å². The Balaban J connectivity index is 2.07. The zero-order chi connectivity index (χ0) is 18.8. The molecule has 2 heterocycles. The minimum Gasteiger partial charge on any atom is -0.466 e. The normalized spacial score (nSPS) is 17.3. The van der Waals surface area contributed by atoms with Crippen molar-refractivity contribution < 1.29 is 23.1 Å². The Morgan fingerprint density at radius 2 is 2.12 bits per heavy atom. The molecule has 3 rings (SSSR count). The van der Waals surface area contributed by atoms with Crippen LogP contribution in [0.5, 0.6) is 0 Å². The van der Waals surface area contributed by atoms with E-state index in [-0.39, 0.29) is 17.7 Å². The maximum absolute atomic E-state index is 14.3. The number of carbonyl (C=O) groups excluding carboxylic acids is 2. The molecule has 0 bridgehead atoms. The zero-order valence-corrected chi connectivity index (χ0v) is 14.9. The molecule has 0 fully saturated rings. The third-order valence-electron chi connectivity index (χ3n) is 4.17. The van der Waals surface area contributed by atoms with Crippen molar-refractivity contribution in [2.45, 2.75) is 19.5 Å². The first-order valence-electron chi connectivity index (χ1n) is 7.76. The van der Waals surface area contributed by atoms with Gasteiger partial charge in [0.2, 0.25) is 0 Å². The average molecular weight is 378 g/mol. The van der Waals surface area contributed by atoms with Gasteiger partial charge in [0.15, 0.2) is 0 Å². The number of amides is 2. The van der Waals surface area contributed by atoms with Crippen LogP contribution in [0.3, 0.4) is 0 Å². The summed E-state index contributed by atoms with van der Waals surface area (Å²) in [4.78, 5) is 27.3. The molecule has 1 N–H and O–H groups in total. The van der Waals surface area contributed by atoms with E-state index in [0.717, 1.165) is 10.9 Å². The second kappa shape index (κ2) is 7.25. The Morgan fingerprint density at radius 1 is 1.35 bits per heavy atom. The van der Waals surface area contributed by atoms with Crippen molar-refractivity contribution in [3.8, 4) is 0 Å². The van der Waals surface area contributed by atoms with Crippen LogP contribution in [0.1, 0.15) is 23.4 Å². The molecule has 5 nitrogen and oxygen atoms in total. The Hall–Kier alpha value is -2.74. The van der Waals surface area contributed by atoms with E-state index in [1.807, 2.05) is 17.5 Å². The number of nitrogens with zero attached hydrogens (tertiary/aromatic N) is 1. The smallest absolute Gasteiger partial charge is 0.337 e. The van der Waals surface area contributed by atoms with Gasteiger partial charge in [-0.3, -0.25) is 4.90 Å². The van der Waals surface area contributed by atoms with Crippen LogP contribution in [0.15, 0.2) is 47.0 Å². The molecule has 8 heteroatoms. The summed E-state index contributed by atoms with van der Waals surface area (Å²) in [5, 5.41) is 4.50. The third-order valence-corrected chi connectivity index (χ3v) is 5.03. The first kappa shape index (κ1) is 18.1. The van der Waals surface area contributed by atoms with Gasteiger partial charge in [-0.15, -0.1) is 11.3 Å². The third kappa shape index (κ3) is 3.32. The van der Waals surface area contributed by atoms with Crippen LogP contribution in [0.25, 0.3) is 0 Å². The lowest BCUT2D eigenvalue weighted by atomic mass is 9.94. The molecule has 1 aliphatic rings. The molecule has 1 aliphatic heterocycles. The van der Waals surface area contributed by atoms with Crippen molar-refractivity contribution >= 4 is 23.3 Å². The van der Waals surface area contributed by atoms with Gasteiger partial charge >= 0.3 is 12.0 Å². The summed E-state index contributed by atoms with van der Waals surface area (Å²) in [6.45, 7) is 1.88. The van der Waals surface area contributed by atoms with Gasteiger partial charge in [0, 0.05) is 22.2 Å². The lowest BCUT2D eigenvalue weighted by molar-refractivity contribution is -0.136. The largest absolute Gasteiger partial charge is 0.466 e. The number of halogens is 2. The van der Waals surface area contributed by atoms with Gasteiger partial charge in [-0.1, -0.05) is 12.1 Å². The molecule has 1 aromatic carbocycles. The van der Waals surface area contributed by atoms with Gasteiger partial charge in [0.25, 0.3) is 0 Å². The molecule has 0 spiro atoms. The van der Waals surface area contributed by atoms with Crippen LogP contribution in [-0.4, -0.2) is 24.0 Å². The second-order valence-corrected chi connectivity index (χ2v) is 6.74. The lowest BCUT2D eigenvalue weighted by Crippen LogP contribution is -2.47. The number of carbonyl (C=O) groups is 2. The van der Waals surface area contributed by atoms with Crippen molar-refractivity contribution in [3.05, 3.63) is 69.1 Å². The fraction of sp³-hybridized carbons (Fsp3) is 0.222. The number of esters is 1. The summed E-state index contributed by atoms with van der Waals surface area (Å²) in [5.74, 6) is -2.28. The van der Waals surface area contributed by atoms with Crippen LogP contribution in [0.4, 0.5) is 13.6 Å². The van der Waals surface area contributed by atoms with E-state index in [1.165, 1.54) is 29.4 Å². The van der Waals surface area contributed by atoms with E-state index in [4.69, 9.17) is 4.74 Å². The van der Waals surface area contributed by atoms with Gasteiger partial charge in [-0.2, -0.15) is 0 Å². The molecule has 1 atom stereocenters. The molecular formula is C18H16F2N2O3S. The summed E-state index contributed by atoms with van der Waals surface area (Å²) in [7, 11) is 1.21. The number of allylic oxidation sites excluding steroid dienone is 1. The number of nitrogens with one attached hydrogen (secondary N) is 1. The number of hydrogen-bond donors (Lipinski definition) is 1. The van der Waals surface area contributed by atoms with Gasteiger partial charge in [-0.05, 0) is 24.4 Å². The summed E-state index contributed by atoms with van der Waals surface area (Å²) >= 11 is 1.48. The minimum absolute atomic E-state index is 0.00438. The monoisotopic (exact) mass is 378 g/mol. The van der Waals surface area contributed by atoms with Crippen molar-refractivity contribution in [3.63, 3.8) is 0 Å². The number of urea groups is 1. The quantitative estimate of drug-likeness (QED) is 0.825. The number of thiophene rings is 1. The fourth-order valence-electron chi connectivity index (χ4n) is 2.87. The molecule has 0 aliphatic carbocycles. The van der Waals surface area contributed by atoms with E-state index in [9.17, 15) is 18.4 Å². The summed E-state index contributed by atoms with van der Waals surface area (Å²) in [5.41, 5.74) is 0.465. The number of rotatable bonds is 4. The van der Waals surface area contributed by atoms with E-state index in [2.05, 4.69) is 5.32 Å². The summed E-state index contributed by atoms with van der Waals surface area (Å²) in [6, 6.07) is 5.19. The summed E-state index contributed by atoms with van der Waals surface area (Å²) < 4.78 is 32.3. The highest BCUT2D eigenvalue weighted by Gasteiger charge is 2.37. The molecule has 2 aromatic rings. The number of ether oxygens (including phenoxy) is 1. The molecular weight excluding hydrogens is 362 g/mol. The van der Waals surface area contributed by atoms with Crippen LogP contribution in [0, 0.1) is 11.6 Å². The molecule has 0 saturated carbocycles. The van der Waals surface area contributed by atoms with Gasteiger partial charge in [0.1, 0.15) is 11.6 Å². The van der Waals surface area contributed by atoms with Crippen molar-refractivity contribution in [1.82, 2.24) is 10.2 Å². The Bertz CT molecular complexity index is 881. The number of benzene rings is 1. The maximum atomic E-state index is 14.3. The van der Waals surface area contributed by atoms with E-state index in [0.29, 0.717) is 11.8 Å². The lowest BCUT2D eigenvalue weighted by Gasteiger charge is -2.35. The van der Waals surface area contributed by atoms with E-state index < -0.39 is 29.7 Å². The van der Waals surface area contributed by atoms with Gasteiger partial charge < -0.3 is 10.1 Å². The molecule has 0 radical (unpaired) electrons. The Kier molecular flexibility index (Phi) is 5.03. The molecule has 136 valence electrons. The molecule has 2 amide bonds. The SMILES string of the molecule is COC(=O)C1=C(C)N(Cc2cccs2)C(=O)N[C@@H]1c1ccc(F)cc1F. The van der Waals surface area contributed by atoms with Crippen molar-refractivity contribution in [1.29, 1.82) is 0 Å². The van der Waals surface area contributed by atoms with E-state index in [1.54, 1.807) is 6.92 Å². The van der Waals surface area contributed by atoms with Crippen molar-refractivity contribution in [2.24, 2.45) is 0 Å². The molecule has 0 saturated heterocycles. The standard InChI is InChI=1S/C18H16F2N2O3S/c1-10-15(17(23)25-2)16(13-6-5-11(19)8-14(13)20)21-18(24)22(10)9-12-4-3-7-26-12/h3-8,16H,9H2,1-2H3,(H,21,24)/t16-/m1/s1. The van der Waals surface area contributed by atoms with E-state index >= 15 is 0 Å². The maximum Gasteiger partial charge on any atom is 0.337 e. The van der Waals surface area contributed by atoms with Crippen LogP contribution in [-0.2, 0) is 16.1 Å². The van der Waals surface area contributed by atoms with Crippen molar-refractivity contribution in [2.75, 3.05) is 7.11 Å². The molecule has 26 heavy (non-hydrogen) atoms. The van der Waals surface area contributed by atoms with Gasteiger partial charge in [-0.25, -0.2) is 18.4 Å². The minimum atomic E-state index is -1.06. The van der Waals surface area contributed by atoms with Crippen LogP contribution in [0.2, 0.25) is 0 Å². The highest BCUT2D eigenvalue weighted by molar-refractivity contribution is 7.09. The summed E-state index contributed by atoms with van der Waals surface area (Å²) in [6.07, 6.45) is 0. The topological polar surface area (TPSA) is 58.6 Å². The average Bonchev–Trinajstić information content (AvgIpc) is 3.11. The second-order valence-electron chi connectivity index (χ2n) is 5.70. The predicted molar refractivity (Wildman–Crippen MR) is 92.2 cm³/mol. The zero-order valence-electron chi connectivity index (χ0n) is 14.1. The Morgan fingerprint density at radius 3 is 2.73 bits per heavy atom. The van der Waals surface area contributed by atoms with Crippen LogP contribution < -0.4 is 5.32 Å². The first-order valence-corrected chi connectivity index (χ1v) is 8.64. The fourth-order valence-corrected chi connectivity index (χ4v) is 3.57. The highest BCUT2D eigenvalue weighted by atomic mass is 32.1. The first-order chi connectivity index (χ1) is 12.4. The molecule has 1 aromatic heterocycles. The predicted octanol–water partition coefficient (Wildman–Crippen LogP) is 3.74. The number of methoxy groups -OCH3 is 1. The highest BCUT2D eigenvalue weighted by Crippen LogP contribution is 2.33.